The number of rotatable bonds is 3. The summed E-state index contributed by atoms with van der Waals surface area (Å²) < 4.78 is 0. The molecule has 6 nitrogen and oxygen atoms in total. The summed E-state index contributed by atoms with van der Waals surface area (Å²) in [7, 11) is 0. The molecular formula is C9H15N3O3. The largest absolute Gasteiger partial charge is 0.370 e. The summed E-state index contributed by atoms with van der Waals surface area (Å²) in [5.41, 5.74) is 10.4. The van der Waals surface area contributed by atoms with Crippen molar-refractivity contribution in [2.24, 2.45) is 11.5 Å². The molecule has 0 aliphatic carbocycles. The van der Waals surface area contributed by atoms with Crippen molar-refractivity contribution in [1.29, 1.82) is 0 Å². The molecule has 2 amide bonds. The average molecular weight is 213 g/mol. The van der Waals surface area contributed by atoms with Gasteiger partial charge in [-0.1, -0.05) is 0 Å². The summed E-state index contributed by atoms with van der Waals surface area (Å²) in [6.07, 6.45) is 0.591. The van der Waals surface area contributed by atoms with E-state index in [-0.39, 0.29) is 18.1 Å². The van der Waals surface area contributed by atoms with Crippen LogP contribution in [-0.4, -0.2) is 41.6 Å². The highest BCUT2D eigenvalue weighted by molar-refractivity contribution is 5.89. The number of nitrogens with zero attached hydrogens (tertiary/aromatic N) is 1. The summed E-state index contributed by atoms with van der Waals surface area (Å²) in [4.78, 5) is 34.6. The highest BCUT2D eigenvalue weighted by Gasteiger charge is 2.25. The van der Waals surface area contributed by atoms with E-state index in [4.69, 9.17) is 11.5 Å². The summed E-state index contributed by atoms with van der Waals surface area (Å²) in [5.74, 6) is -0.743. The molecule has 1 rings (SSSR count). The van der Waals surface area contributed by atoms with Crippen LogP contribution in [0.4, 0.5) is 0 Å². The van der Waals surface area contributed by atoms with Crippen LogP contribution < -0.4 is 11.5 Å². The average Bonchev–Trinajstić information content (AvgIpc) is 2.17. The number of carbonyl (C=O) groups is 3. The Bertz CT molecular complexity index is 280. The van der Waals surface area contributed by atoms with Gasteiger partial charge < -0.3 is 16.4 Å². The first-order valence-electron chi connectivity index (χ1n) is 4.85. The van der Waals surface area contributed by atoms with E-state index >= 15 is 0 Å². The van der Waals surface area contributed by atoms with Crippen molar-refractivity contribution in [3.8, 4) is 0 Å². The van der Waals surface area contributed by atoms with E-state index < -0.39 is 11.9 Å². The van der Waals surface area contributed by atoms with Crippen molar-refractivity contribution in [3.05, 3.63) is 0 Å². The SMILES string of the molecule is NC(=O)C[C@H](N)C(=O)N1CCC(=O)CC1. The molecule has 0 aromatic heterocycles. The molecule has 84 valence electrons. The van der Waals surface area contributed by atoms with E-state index in [9.17, 15) is 14.4 Å². The lowest BCUT2D eigenvalue weighted by Gasteiger charge is -2.28. The van der Waals surface area contributed by atoms with E-state index in [0.717, 1.165) is 0 Å². The molecule has 0 aromatic rings. The van der Waals surface area contributed by atoms with Crippen LogP contribution in [0.25, 0.3) is 0 Å². The lowest BCUT2D eigenvalue weighted by molar-refractivity contribution is -0.137. The van der Waals surface area contributed by atoms with Gasteiger partial charge in [-0.05, 0) is 0 Å². The third-order valence-electron chi connectivity index (χ3n) is 2.37. The molecule has 0 unspecified atom stereocenters. The van der Waals surface area contributed by atoms with Crippen LogP contribution in [0.3, 0.4) is 0 Å². The number of amides is 2. The Kier molecular flexibility index (Phi) is 3.79. The molecule has 1 heterocycles. The van der Waals surface area contributed by atoms with Gasteiger partial charge >= 0.3 is 0 Å². The van der Waals surface area contributed by atoms with E-state index in [1.54, 1.807) is 0 Å². The van der Waals surface area contributed by atoms with Gasteiger partial charge in [0.15, 0.2) is 0 Å². The summed E-state index contributed by atoms with van der Waals surface area (Å²) in [6.45, 7) is 0.786. The quantitative estimate of drug-likeness (QED) is 0.587. The maximum atomic E-state index is 11.6. The van der Waals surface area contributed by atoms with Crippen LogP contribution in [0.1, 0.15) is 19.3 Å². The van der Waals surface area contributed by atoms with Gasteiger partial charge in [0.25, 0.3) is 0 Å². The fourth-order valence-corrected chi connectivity index (χ4v) is 1.52. The zero-order chi connectivity index (χ0) is 11.4. The number of primary amides is 1. The number of carbonyl (C=O) groups excluding carboxylic acids is 3. The van der Waals surface area contributed by atoms with Gasteiger partial charge in [0.05, 0.1) is 12.5 Å². The fraction of sp³-hybridized carbons (Fsp3) is 0.667. The van der Waals surface area contributed by atoms with Crippen LogP contribution >= 0.6 is 0 Å². The molecule has 0 saturated carbocycles. The van der Waals surface area contributed by atoms with Crippen molar-refractivity contribution in [2.75, 3.05) is 13.1 Å². The lowest BCUT2D eigenvalue weighted by Crippen LogP contribution is -2.48. The van der Waals surface area contributed by atoms with Gasteiger partial charge in [0, 0.05) is 25.9 Å². The minimum Gasteiger partial charge on any atom is -0.370 e. The van der Waals surface area contributed by atoms with Crippen LogP contribution in [0.15, 0.2) is 0 Å². The van der Waals surface area contributed by atoms with Crippen LogP contribution in [0, 0.1) is 0 Å². The monoisotopic (exact) mass is 213 g/mol. The molecule has 1 aliphatic rings. The Hall–Kier alpha value is -1.43. The highest BCUT2D eigenvalue weighted by atomic mass is 16.2. The summed E-state index contributed by atoms with van der Waals surface area (Å²) in [5, 5.41) is 0. The number of piperidine rings is 1. The Morgan fingerprint density at radius 2 is 1.87 bits per heavy atom. The Morgan fingerprint density at radius 3 is 2.33 bits per heavy atom. The van der Waals surface area contributed by atoms with Crippen LogP contribution in [0.5, 0.6) is 0 Å². The molecule has 6 heteroatoms. The van der Waals surface area contributed by atoms with Crippen molar-refractivity contribution >= 4 is 17.6 Å². The number of Topliss-reactive ketones (excluding diaryl/α,β-unsaturated/α-hetero) is 1. The second-order valence-corrected chi connectivity index (χ2v) is 3.64. The smallest absolute Gasteiger partial charge is 0.240 e. The molecule has 1 saturated heterocycles. The molecule has 0 bridgehead atoms. The molecule has 15 heavy (non-hydrogen) atoms. The number of hydrogen-bond donors (Lipinski definition) is 2. The van der Waals surface area contributed by atoms with Gasteiger partial charge in [-0.2, -0.15) is 0 Å². The number of nitrogens with two attached hydrogens (primary N) is 2. The van der Waals surface area contributed by atoms with Gasteiger partial charge in [0.2, 0.25) is 11.8 Å². The van der Waals surface area contributed by atoms with E-state index in [2.05, 4.69) is 0 Å². The second kappa shape index (κ2) is 4.88. The van der Waals surface area contributed by atoms with Gasteiger partial charge in [-0.3, -0.25) is 14.4 Å². The van der Waals surface area contributed by atoms with Crippen LogP contribution in [-0.2, 0) is 14.4 Å². The van der Waals surface area contributed by atoms with Crippen molar-refractivity contribution < 1.29 is 14.4 Å². The summed E-state index contributed by atoms with van der Waals surface area (Å²) in [6, 6.07) is -0.879. The molecule has 1 atom stereocenters. The number of ketones is 1. The minimum absolute atomic E-state index is 0.150. The van der Waals surface area contributed by atoms with E-state index in [1.165, 1.54) is 4.90 Å². The maximum absolute atomic E-state index is 11.6. The predicted molar refractivity (Wildman–Crippen MR) is 52.6 cm³/mol. The minimum atomic E-state index is -0.879. The molecule has 1 fully saturated rings. The molecule has 1 aliphatic heterocycles. The number of hydrogen-bond acceptors (Lipinski definition) is 4. The Morgan fingerprint density at radius 1 is 1.33 bits per heavy atom. The molecule has 0 radical (unpaired) electrons. The Labute approximate surface area is 87.6 Å². The third kappa shape index (κ3) is 3.32. The van der Waals surface area contributed by atoms with Crippen molar-refractivity contribution in [1.82, 2.24) is 4.90 Å². The first kappa shape index (κ1) is 11.6. The van der Waals surface area contributed by atoms with Crippen molar-refractivity contribution in [2.45, 2.75) is 25.3 Å². The standard InChI is InChI=1S/C9H15N3O3/c10-7(5-8(11)14)9(15)12-3-1-6(13)2-4-12/h7H,1-5,10H2,(H2,11,14)/t7-/m0/s1. The molecule has 0 aromatic carbocycles. The summed E-state index contributed by atoms with van der Waals surface area (Å²) >= 11 is 0. The first-order chi connectivity index (χ1) is 7.00. The van der Waals surface area contributed by atoms with Crippen LogP contribution in [0.2, 0.25) is 0 Å². The molecule has 0 spiro atoms. The lowest BCUT2D eigenvalue weighted by atomic mass is 10.1. The predicted octanol–water partition coefficient (Wildman–Crippen LogP) is -1.62. The Balaban J connectivity index is 2.46. The first-order valence-corrected chi connectivity index (χ1v) is 4.85. The van der Waals surface area contributed by atoms with E-state index in [1.807, 2.05) is 0 Å². The zero-order valence-electron chi connectivity index (χ0n) is 8.44. The highest BCUT2D eigenvalue weighted by Crippen LogP contribution is 2.07. The van der Waals surface area contributed by atoms with E-state index in [0.29, 0.717) is 25.9 Å². The fourth-order valence-electron chi connectivity index (χ4n) is 1.52. The molecular weight excluding hydrogens is 198 g/mol. The second-order valence-electron chi connectivity index (χ2n) is 3.64. The molecule has 4 N–H and O–H groups in total. The number of likely N-dealkylation sites (tertiary alicyclic amines) is 1. The normalized spacial score (nSPS) is 18.7. The topological polar surface area (TPSA) is 106 Å². The zero-order valence-corrected chi connectivity index (χ0v) is 8.44. The van der Waals surface area contributed by atoms with Gasteiger partial charge in [-0.15, -0.1) is 0 Å². The maximum Gasteiger partial charge on any atom is 0.240 e. The van der Waals surface area contributed by atoms with Gasteiger partial charge in [-0.25, -0.2) is 0 Å². The third-order valence-corrected chi connectivity index (χ3v) is 2.37. The van der Waals surface area contributed by atoms with Gasteiger partial charge in [0.1, 0.15) is 5.78 Å². The van der Waals surface area contributed by atoms with Crippen molar-refractivity contribution in [3.63, 3.8) is 0 Å².